The van der Waals surface area contributed by atoms with Gasteiger partial charge in [0.15, 0.2) is 0 Å². The molecule has 0 amide bonds. The summed E-state index contributed by atoms with van der Waals surface area (Å²) in [5.74, 6) is 6.42. The van der Waals surface area contributed by atoms with Crippen molar-refractivity contribution in [2.75, 3.05) is 7.11 Å². The minimum Gasteiger partial charge on any atom is -0.366 e. The molecule has 0 radical (unpaired) electrons. The lowest BCUT2D eigenvalue weighted by Crippen LogP contribution is -2.19. The maximum absolute atomic E-state index is 5.86. The van der Waals surface area contributed by atoms with Gasteiger partial charge in [-0.2, -0.15) is 0 Å². The summed E-state index contributed by atoms with van der Waals surface area (Å²) in [6.45, 7) is 3.86. The fourth-order valence-corrected chi connectivity index (χ4v) is 1.46. The Morgan fingerprint density at radius 2 is 2.08 bits per heavy atom. The normalized spacial score (nSPS) is 24.8. The summed E-state index contributed by atoms with van der Waals surface area (Å²) in [5.41, 5.74) is -0.365. The zero-order valence-corrected chi connectivity index (χ0v) is 9.67. The first-order valence-electron chi connectivity index (χ1n) is 4.30. The lowest BCUT2D eigenvalue weighted by Gasteiger charge is -2.14. The Morgan fingerprint density at radius 1 is 1.54 bits per heavy atom. The van der Waals surface area contributed by atoms with Gasteiger partial charge in [0, 0.05) is 19.4 Å². The van der Waals surface area contributed by atoms with Crippen LogP contribution in [0.15, 0.2) is 0 Å². The summed E-state index contributed by atoms with van der Waals surface area (Å²) in [6, 6.07) is 0. The third kappa shape index (κ3) is 3.38. The van der Waals surface area contributed by atoms with Crippen LogP contribution in [0.2, 0.25) is 0 Å². The van der Waals surface area contributed by atoms with E-state index >= 15 is 0 Å². The highest BCUT2D eigenvalue weighted by molar-refractivity contribution is 6.50. The summed E-state index contributed by atoms with van der Waals surface area (Å²) in [7, 11) is 1.65. The molecular weight excluding hydrogens is 207 g/mol. The molecule has 0 spiro atoms. The molecule has 0 aromatic carbocycles. The van der Waals surface area contributed by atoms with E-state index in [2.05, 4.69) is 11.8 Å². The molecule has 1 nitrogen and oxygen atoms in total. The summed E-state index contributed by atoms with van der Waals surface area (Å²) >= 11 is 11.7. The highest BCUT2D eigenvalue weighted by Gasteiger charge is 2.50. The van der Waals surface area contributed by atoms with E-state index in [0.29, 0.717) is 5.92 Å². The molecule has 1 aliphatic carbocycles. The van der Waals surface area contributed by atoms with Gasteiger partial charge in [-0.05, 0) is 20.3 Å². The predicted octanol–water partition coefficient (Wildman–Crippen LogP) is 3.00. The quantitative estimate of drug-likeness (QED) is 0.514. The zero-order valence-electron chi connectivity index (χ0n) is 8.16. The molecule has 0 aromatic rings. The van der Waals surface area contributed by atoms with Crippen LogP contribution < -0.4 is 0 Å². The number of methoxy groups -OCH3 is 1. The van der Waals surface area contributed by atoms with Crippen molar-refractivity contribution in [2.45, 2.75) is 36.6 Å². The van der Waals surface area contributed by atoms with Crippen LogP contribution in [0.1, 0.15) is 26.7 Å². The van der Waals surface area contributed by atoms with Crippen molar-refractivity contribution in [3.05, 3.63) is 0 Å². The largest absolute Gasteiger partial charge is 0.366 e. The SMILES string of the molecule is COC(C)(C)C#CCC1CC1(Cl)Cl. The standard InChI is InChI=1S/C10H14Cl2O/c1-9(2,13-3)6-4-5-8-7-10(8,11)12/h8H,5,7H2,1-3H3. The number of rotatable bonds is 2. The highest BCUT2D eigenvalue weighted by Crippen LogP contribution is 2.54. The molecule has 3 heteroatoms. The number of alkyl halides is 2. The van der Waals surface area contributed by atoms with Crippen LogP contribution in [0.4, 0.5) is 0 Å². The van der Waals surface area contributed by atoms with Crippen LogP contribution in [0.25, 0.3) is 0 Å². The average Bonchev–Trinajstić information content (AvgIpc) is 2.59. The molecule has 1 rings (SSSR count). The summed E-state index contributed by atoms with van der Waals surface area (Å²) in [5, 5.41) is 0. The lowest BCUT2D eigenvalue weighted by atomic mass is 10.1. The van der Waals surface area contributed by atoms with Gasteiger partial charge in [-0.3, -0.25) is 0 Å². The van der Waals surface area contributed by atoms with Crippen molar-refractivity contribution >= 4 is 23.2 Å². The Labute approximate surface area is 89.7 Å². The van der Waals surface area contributed by atoms with Crippen LogP contribution in [0, 0.1) is 17.8 Å². The lowest BCUT2D eigenvalue weighted by molar-refractivity contribution is 0.0741. The molecule has 0 aliphatic heterocycles. The topological polar surface area (TPSA) is 9.23 Å². The second-order valence-electron chi connectivity index (χ2n) is 3.88. The van der Waals surface area contributed by atoms with Gasteiger partial charge in [0.25, 0.3) is 0 Å². The van der Waals surface area contributed by atoms with E-state index in [1.54, 1.807) is 7.11 Å². The van der Waals surface area contributed by atoms with E-state index in [9.17, 15) is 0 Å². The van der Waals surface area contributed by atoms with E-state index in [1.807, 2.05) is 13.8 Å². The Balaban J connectivity index is 2.34. The number of hydrogen-bond acceptors (Lipinski definition) is 1. The first-order chi connectivity index (χ1) is 5.87. The van der Waals surface area contributed by atoms with Crippen LogP contribution in [-0.2, 0) is 4.74 Å². The molecule has 1 aliphatic rings. The van der Waals surface area contributed by atoms with Crippen molar-refractivity contribution in [2.24, 2.45) is 5.92 Å². The molecule has 0 aromatic heterocycles. The third-order valence-electron chi connectivity index (χ3n) is 2.20. The maximum atomic E-state index is 5.86. The van der Waals surface area contributed by atoms with E-state index in [0.717, 1.165) is 12.8 Å². The number of halogens is 2. The molecule has 0 heterocycles. The van der Waals surface area contributed by atoms with Gasteiger partial charge in [-0.1, -0.05) is 11.8 Å². The van der Waals surface area contributed by atoms with E-state index in [4.69, 9.17) is 27.9 Å². The van der Waals surface area contributed by atoms with Crippen molar-refractivity contribution < 1.29 is 4.74 Å². The van der Waals surface area contributed by atoms with Gasteiger partial charge < -0.3 is 4.74 Å². The second kappa shape index (κ2) is 3.69. The Morgan fingerprint density at radius 3 is 2.46 bits per heavy atom. The monoisotopic (exact) mass is 220 g/mol. The molecule has 1 atom stereocenters. The number of hydrogen-bond donors (Lipinski definition) is 0. The van der Waals surface area contributed by atoms with E-state index in [1.165, 1.54) is 0 Å². The highest BCUT2D eigenvalue weighted by atomic mass is 35.5. The van der Waals surface area contributed by atoms with Crippen molar-refractivity contribution in [1.82, 2.24) is 0 Å². The van der Waals surface area contributed by atoms with Crippen molar-refractivity contribution in [3.63, 3.8) is 0 Å². The predicted molar refractivity (Wildman–Crippen MR) is 56.0 cm³/mol. The first-order valence-corrected chi connectivity index (χ1v) is 5.06. The van der Waals surface area contributed by atoms with Crippen molar-refractivity contribution in [1.29, 1.82) is 0 Å². The minimum absolute atomic E-state index is 0.344. The van der Waals surface area contributed by atoms with E-state index in [-0.39, 0.29) is 5.60 Å². The fourth-order valence-electron chi connectivity index (χ4n) is 0.929. The van der Waals surface area contributed by atoms with Crippen LogP contribution in [0.3, 0.4) is 0 Å². The molecule has 0 saturated heterocycles. The molecule has 74 valence electrons. The first kappa shape index (κ1) is 11.2. The molecule has 13 heavy (non-hydrogen) atoms. The summed E-state index contributed by atoms with van der Waals surface area (Å²) < 4.78 is 4.64. The van der Waals surface area contributed by atoms with Gasteiger partial charge in [-0.15, -0.1) is 23.2 Å². The summed E-state index contributed by atoms with van der Waals surface area (Å²) in [6.07, 6.45) is 1.62. The molecule has 1 unspecified atom stereocenters. The van der Waals surface area contributed by atoms with Gasteiger partial charge in [0.1, 0.15) is 9.93 Å². The zero-order chi connectivity index (χ0) is 10.1. The molecule has 0 bridgehead atoms. The Hall–Kier alpha value is 0.100. The molecule has 1 saturated carbocycles. The fraction of sp³-hybridized carbons (Fsp3) is 0.800. The van der Waals surface area contributed by atoms with Crippen LogP contribution in [-0.4, -0.2) is 17.0 Å². The van der Waals surface area contributed by atoms with Crippen LogP contribution in [0.5, 0.6) is 0 Å². The van der Waals surface area contributed by atoms with Gasteiger partial charge in [0.2, 0.25) is 0 Å². The minimum atomic E-state index is -0.508. The van der Waals surface area contributed by atoms with Crippen LogP contribution >= 0.6 is 23.2 Å². The molecular formula is C10H14Cl2O. The molecule has 1 fully saturated rings. The second-order valence-corrected chi connectivity index (χ2v) is 5.42. The maximum Gasteiger partial charge on any atom is 0.122 e. The third-order valence-corrected chi connectivity index (χ3v) is 3.13. The smallest absolute Gasteiger partial charge is 0.122 e. The van der Waals surface area contributed by atoms with Crippen molar-refractivity contribution in [3.8, 4) is 11.8 Å². The average molecular weight is 221 g/mol. The summed E-state index contributed by atoms with van der Waals surface area (Å²) in [4.78, 5) is 0. The Bertz CT molecular complexity index is 247. The van der Waals surface area contributed by atoms with Gasteiger partial charge in [-0.25, -0.2) is 0 Å². The van der Waals surface area contributed by atoms with Gasteiger partial charge >= 0.3 is 0 Å². The van der Waals surface area contributed by atoms with E-state index < -0.39 is 4.33 Å². The Kier molecular flexibility index (Phi) is 3.17. The number of ether oxygens (including phenoxy) is 1. The molecule has 0 N–H and O–H groups in total. The van der Waals surface area contributed by atoms with Gasteiger partial charge in [0.05, 0.1) is 0 Å².